The highest BCUT2D eigenvalue weighted by molar-refractivity contribution is 8.18. The van der Waals surface area contributed by atoms with Crippen molar-refractivity contribution in [3.05, 3.63) is 105 Å². The number of nitrogens with zero attached hydrogens (tertiary/aromatic N) is 2. The topological polar surface area (TPSA) is 93.7 Å². The van der Waals surface area contributed by atoms with E-state index in [-0.39, 0.29) is 28.3 Å². The third-order valence-electron chi connectivity index (χ3n) is 5.32. The quantitative estimate of drug-likeness (QED) is 0.200. The third-order valence-corrected chi connectivity index (χ3v) is 6.23. The number of benzene rings is 3. The molecule has 2 amide bonds. The molecule has 1 aromatic heterocycles. The molecule has 4 aromatic rings. The molecule has 7 nitrogen and oxygen atoms in total. The van der Waals surface area contributed by atoms with E-state index in [1.807, 2.05) is 42.5 Å². The number of nitro benzene ring substituents is 1. The Morgan fingerprint density at radius 1 is 0.970 bits per heavy atom. The number of non-ortho nitro benzene ring substituents is 1. The molecule has 1 saturated heterocycles. The Labute approximate surface area is 192 Å². The van der Waals surface area contributed by atoms with Gasteiger partial charge in [-0.05, 0) is 40.2 Å². The molecule has 5 rings (SSSR count). The number of nitro groups is 1. The van der Waals surface area contributed by atoms with E-state index in [0.29, 0.717) is 17.1 Å². The van der Waals surface area contributed by atoms with Gasteiger partial charge < -0.3 is 4.42 Å². The fourth-order valence-corrected chi connectivity index (χ4v) is 4.54. The molecular weight excluding hydrogens is 440 g/mol. The zero-order valence-corrected chi connectivity index (χ0v) is 18.0. The van der Waals surface area contributed by atoms with Crippen LogP contribution in [0.15, 0.2) is 88.2 Å². The van der Waals surface area contributed by atoms with Crippen molar-refractivity contribution < 1.29 is 18.9 Å². The largest absolute Gasteiger partial charge is 0.457 e. The van der Waals surface area contributed by atoms with Gasteiger partial charge in [0.2, 0.25) is 0 Å². The third kappa shape index (κ3) is 4.04. The summed E-state index contributed by atoms with van der Waals surface area (Å²) in [4.78, 5) is 37.6. The van der Waals surface area contributed by atoms with Gasteiger partial charge in [0.1, 0.15) is 11.5 Å². The molecule has 0 aliphatic carbocycles. The molecule has 0 saturated carbocycles. The maximum Gasteiger partial charge on any atom is 0.293 e. The Morgan fingerprint density at radius 3 is 2.61 bits per heavy atom. The van der Waals surface area contributed by atoms with Crippen molar-refractivity contribution in [3.63, 3.8) is 0 Å². The van der Waals surface area contributed by atoms with Gasteiger partial charge in [-0.25, -0.2) is 0 Å². The number of furan rings is 1. The Hall–Kier alpha value is -4.17. The normalized spacial score (nSPS) is 15.0. The number of rotatable bonds is 5. The van der Waals surface area contributed by atoms with Gasteiger partial charge in [0.15, 0.2) is 0 Å². The first-order valence-electron chi connectivity index (χ1n) is 10.1. The number of hydrogen-bond donors (Lipinski definition) is 0. The van der Waals surface area contributed by atoms with Gasteiger partial charge in [0.25, 0.3) is 16.8 Å². The summed E-state index contributed by atoms with van der Waals surface area (Å²) in [6.07, 6.45) is 1.52. The molecular formula is C25H16N2O5S. The molecule has 2 heterocycles. The minimum atomic E-state index is -0.473. The number of fused-ring (bicyclic) bond motifs is 1. The summed E-state index contributed by atoms with van der Waals surface area (Å²) in [5, 5.41) is 12.7. The zero-order valence-electron chi connectivity index (χ0n) is 17.1. The molecule has 0 spiro atoms. The van der Waals surface area contributed by atoms with Crippen LogP contribution in [0.2, 0.25) is 0 Å². The molecule has 0 radical (unpaired) electrons. The van der Waals surface area contributed by atoms with Crippen LogP contribution in [0, 0.1) is 10.1 Å². The number of hydrogen-bond acceptors (Lipinski definition) is 6. The summed E-state index contributed by atoms with van der Waals surface area (Å²) in [5.41, 5.74) is 1.40. The monoisotopic (exact) mass is 456 g/mol. The van der Waals surface area contributed by atoms with Gasteiger partial charge in [-0.3, -0.25) is 24.6 Å². The Balaban J connectivity index is 1.39. The number of carbonyl (C=O) groups is 2. The van der Waals surface area contributed by atoms with Gasteiger partial charge in [-0.15, -0.1) is 0 Å². The molecule has 0 N–H and O–H groups in total. The first-order valence-corrected chi connectivity index (χ1v) is 10.9. The SMILES string of the molecule is O=C1S/C(=C\c2ccc(-c3cccc([N+](=O)[O-])c3)o2)C(=O)N1Cc1cccc2ccccc12. The summed E-state index contributed by atoms with van der Waals surface area (Å²) in [7, 11) is 0. The fraction of sp³-hybridized carbons (Fsp3) is 0.0400. The van der Waals surface area contributed by atoms with Gasteiger partial charge >= 0.3 is 0 Å². The zero-order chi connectivity index (χ0) is 22.9. The Bertz CT molecular complexity index is 1450. The standard InChI is InChI=1S/C25H16N2O5S/c28-24-23(14-20-11-12-22(32-20)17-7-4-9-19(13-17)27(30)31)33-25(29)26(24)15-18-8-3-6-16-5-1-2-10-21(16)18/h1-14H,15H2/b23-14-. The van der Waals surface area contributed by atoms with Gasteiger partial charge in [0.05, 0.1) is 16.4 Å². The molecule has 162 valence electrons. The summed E-state index contributed by atoms with van der Waals surface area (Å²) in [5.74, 6) is 0.429. The number of imide groups is 1. The minimum Gasteiger partial charge on any atom is -0.457 e. The molecule has 33 heavy (non-hydrogen) atoms. The number of thioether (sulfide) groups is 1. The van der Waals surface area contributed by atoms with Gasteiger partial charge in [0, 0.05) is 23.8 Å². The van der Waals surface area contributed by atoms with Crippen LogP contribution in [-0.4, -0.2) is 21.0 Å². The molecule has 0 unspecified atom stereocenters. The highest BCUT2D eigenvalue weighted by Crippen LogP contribution is 2.35. The highest BCUT2D eigenvalue weighted by atomic mass is 32.2. The molecule has 1 fully saturated rings. The van der Waals surface area contributed by atoms with Crippen molar-refractivity contribution in [2.75, 3.05) is 0 Å². The van der Waals surface area contributed by atoms with Crippen molar-refractivity contribution in [2.24, 2.45) is 0 Å². The van der Waals surface area contributed by atoms with Gasteiger partial charge in [-0.2, -0.15) is 0 Å². The summed E-state index contributed by atoms with van der Waals surface area (Å²) < 4.78 is 5.77. The van der Waals surface area contributed by atoms with E-state index in [9.17, 15) is 19.7 Å². The number of amides is 2. The lowest BCUT2D eigenvalue weighted by atomic mass is 10.0. The molecule has 1 aliphatic heterocycles. The van der Waals surface area contributed by atoms with Crippen LogP contribution in [0.3, 0.4) is 0 Å². The average Bonchev–Trinajstić information content (AvgIpc) is 3.40. The summed E-state index contributed by atoms with van der Waals surface area (Å²) in [6, 6.07) is 23.1. The number of carbonyl (C=O) groups excluding carboxylic acids is 2. The molecule has 3 aromatic carbocycles. The Kier molecular flexibility index (Phi) is 5.27. The average molecular weight is 456 g/mol. The van der Waals surface area contributed by atoms with Crippen molar-refractivity contribution in [1.29, 1.82) is 0 Å². The lowest BCUT2D eigenvalue weighted by molar-refractivity contribution is -0.384. The van der Waals surface area contributed by atoms with E-state index in [1.54, 1.807) is 24.3 Å². The van der Waals surface area contributed by atoms with Crippen LogP contribution in [0.4, 0.5) is 10.5 Å². The summed E-state index contributed by atoms with van der Waals surface area (Å²) >= 11 is 0.862. The van der Waals surface area contributed by atoms with Crippen LogP contribution in [0.5, 0.6) is 0 Å². The second-order valence-electron chi connectivity index (χ2n) is 7.42. The van der Waals surface area contributed by atoms with Crippen LogP contribution in [-0.2, 0) is 11.3 Å². The van der Waals surface area contributed by atoms with E-state index >= 15 is 0 Å². The smallest absolute Gasteiger partial charge is 0.293 e. The fourth-order valence-electron chi connectivity index (χ4n) is 3.72. The van der Waals surface area contributed by atoms with E-state index in [0.717, 1.165) is 28.1 Å². The Morgan fingerprint density at radius 2 is 1.76 bits per heavy atom. The second kappa shape index (κ2) is 8.40. The van der Waals surface area contributed by atoms with Crippen LogP contribution < -0.4 is 0 Å². The van der Waals surface area contributed by atoms with Crippen LogP contribution in [0.1, 0.15) is 11.3 Å². The van der Waals surface area contributed by atoms with Crippen molar-refractivity contribution in [1.82, 2.24) is 4.90 Å². The molecule has 0 bridgehead atoms. The van der Waals surface area contributed by atoms with E-state index < -0.39 is 4.92 Å². The lowest BCUT2D eigenvalue weighted by Gasteiger charge is -2.14. The molecule has 0 atom stereocenters. The van der Waals surface area contributed by atoms with E-state index in [1.165, 1.54) is 23.1 Å². The summed E-state index contributed by atoms with van der Waals surface area (Å²) in [6.45, 7) is 0.181. The minimum absolute atomic E-state index is 0.0417. The first kappa shape index (κ1) is 20.7. The molecule has 1 aliphatic rings. The first-order chi connectivity index (χ1) is 16.0. The maximum absolute atomic E-state index is 13.0. The van der Waals surface area contributed by atoms with E-state index in [2.05, 4.69) is 0 Å². The van der Waals surface area contributed by atoms with Crippen molar-refractivity contribution in [3.8, 4) is 11.3 Å². The predicted octanol–water partition coefficient (Wildman–Crippen LogP) is 6.24. The molecule has 8 heteroatoms. The van der Waals surface area contributed by atoms with Crippen LogP contribution in [0.25, 0.3) is 28.2 Å². The lowest BCUT2D eigenvalue weighted by Crippen LogP contribution is -2.27. The van der Waals surface area contributed by atoms with Crippen molar-refractivity contribution >= 4 is 45.4 Å². The predicted molar refractivity (Wildman–Crippen MR) is 126 cm³/mol. The van der Waals surface area contributed by atoms with Crippen molar-refractivity contribution in [2.45, 2.75) is 6.54 Å². The maximum atomic E-state index is 13.0. The second-order valence-corrected chi connectivity index (χ2v) is 8.41. The van der Waals surface area contributed by atoms with E-state index in [4.69, 9.17) is 4.42 Å². The van der Waals surface area contributed by atoms with Gasteiger partial charge in [-0.1, -0.05) is 54.6 Å². The highest BCUT2D eigenvalue weighted by Gasteiger charge is 2.35. The van der Waals surface area contributed by atoms with Crippen LogP contribution >= 0.6 is 11.8 Å².